The third-order valence-electron chi connectivity index (χ3n) is 4.77. The highest BCUT2D eigenvalue weighted by atomic mass is 32.2. The van der Waals surface area contributed by atoms with Crippen LogP contribution in [0.15, 0.2) is 65.8 Å². The smallest absolute Gasteiger partial charge is 0.406 e. The summed E-state index contributed by atoms with van der Waals surface area (Å²) in [6, 6.07) is 13.2. The van der Waals surface area contributed by atoms with Gasteiger partial charge in [0.1, 0.15) is 17.9 Å². The van der Waals surface area contributed by atoms with E-state index in [0.717, 1.165) is 0 Å². The molecule has 174 valence electrons. The molecule has 0 spiro atoms. The van der Waals surface area contributed by atoms with Crippen molar-refractivity contribution in [3.63, 3.8) is 0 Å². The molecule has 0 atom stereocenters. The maximum absolute atomic E-state index is 12.9. The Balaban J connectivity index is 1.53. The minimum atomic E-state index is -4.76. The van der Waals surface area contributed by atoms with E-state index in [0.29, 0.717) is 49.1 Å². The second kappa shape index (κ2) is 9.33. The molecule has 1 fully saturated rings. The number of rotatable bonds is 6. The molecule has 4 rings (SSSR count). The molecule has 3 aromatic rings. The van der Waals surface area contributed by atoms with E-state index in [4.69, 9.17) is 4.74 Å². The zero-order valence-corrected chi connectivity index (χ0v) is 17.9. The third kappa shape index (κ3) is 5.78. The molecule has 0 radical (unpaired) electrons. The third-order valence-corrected chi connectivity index (χ3v) is 6.66. The maximum atomic E-state index is 12.9. The van der Waals surface area contributed by atoms with Crippen LogP contribution in [0.2, 0.25) is 0 Å². The summed E-state index contributed by atoms with van der Waals surface area (Å²) in [5.74, 6) is 0.0423. The van der Waals surface area contributed by atoms with Crippen LogP contribution in [0.25, 0.3) is 11.3 Å². The zero-order valence-electron chi connectivity index (χ0n) is 17.1. The van der Waals surface area contributed by atoms with Gasteiger partial charge in [-0.2, -0.15) is 4.31 Å². The summed E-state index contributed by atoms with van der Waals surface area (Å²) in [7, 11) is -3.67. The van der Waals surface area contributed by atoms with Crippen molar-refractivity contribution in [1.29, 1.82) is 0 Å². The summed E-state index contributed by atoms with van der Waals surface area (Å²) in [6.07, 6.45) is -3.46. The van der Waals surface area contributed by atoms with Gasteiger partial charge in [0.05, 0.1) is 23.8 Å². The van der Waals surface area contributed by atoms with Gasteiger partial charge in [-0.25, -0.2) is 18.4 Å². The Hall–Kier alpha value is -3.22. The van der Waals surface area contributed by atoms with E-state index < -0.39 is 16.4 Å². The van der Waals surface area contributed by atoms with Gasteiger partial charge in [0.15, 0.2) is 0 Å². The van der Waals surface area contributed by atoms with E-state index in [9.17, 15) is 21.6 Å². The second-order valence-corrected chi connectivity index (χ2v) is 8.97. The Labute approximate surface area is 188 Å². The molecule has 0 aliphatic carbocycles. The molecule has 1 N–H and O–H groups in total. The van der Waals surface area contributed by atoms with Gasteiger partial charge in [0.25, 0.3) is 0 Å². The molecule has 0 amide bonds. The lowest BCUT2D eigenvalue weighted by atomic mass is 10.1. The van der Waals surface area contributed by atoms with Crippen LogP contribution in [0.1, 0.15) is 0 Å². The number of benzene rings is 2. The van der Waals surface area contributed by atoms with Gasteiger partial charge in [-0.15, -0.1) is 13.2 Å². The Kier molecular flexibility index (Phi) is 6.49. The minimum absolute atomic E-state index is 0.148. The highest BCUT2D eigenvalue weighted by molar-refractivity contribution is 7.89. The SMILES string of the molecule is O=S(=O)(c1cccc(-c2cc(Nc3ccc(OC(F)(F)F)cc3)ncn2)c1)N1CCOCC1. The number of alkyl halides is 3. The van der Waals surface area contributed by atoms with Gasteiger partial charge < -0.3 is 14.8 Å². The quantitative estimate of drug-likeness (QED) is 0.574. The first-order valence-electron chi connectivity index (χ1n) is 9.84. The predicted octanol–water partition coefficient (Wildman–Crippen LogP) is 3.81. The van der Waals surface area contributed by atoms with Crippen LogP contribution >= 0.6 is 0 Å². The Morgan fingerprint density at radius 3 is 2.42 bits per heavy atom. The maximum Gasteiger partial charge on any atom is 0.573 e. The summed E-state index contributed by atoms with van der Waals surface area (Å²) in [4.78, 5) is 8.48. The summed E-state index contributed by atoms with van der Waals surface area (Å²) in [5, 5.41) is 2.97. The Bertz CT molecular complexity index is 1210. The molecule has 0 unspecified atom stereocenters. The van der Waals surface area contributed by atoms with Crippen LogP contribution in [-0.2, 0) is 14.8 Å². The number of sulfonamides is 1. The molecule has 0 bridgehead atoms. The van der Waals surface area contributed by atoms with Gasteiger partial charge in [-0.1, -0.05) is 12.1 Å². The van der Waals surface area contributed by atoms with Gasteiger partial charge in [0, 0.05) is 30.4 Å². The molecule has 1 aromatic heterocycles. The minimum Gasteiger partial charge on any atom is -0.406 e. The molecule has 33 heavy (non-hydrogen) atoms. The summed E-state index contributed by atoms with van der Waals surface area (Å²) in [5.41, 5.74) is 1.53. The van der Waals surface area contributed by atoms with Crippen molar-refractivity contribution in [1.82, 2.24) is 14.3 Å². The van der Waals surface area contributed by atoms with E-state index in [1.54, 1.807) is 24.3 Å². The van der Waals surface area contributed by atoms with Crippen molar-refractivity contribution in [3.8, 4) is 17.0 Å². The van der Waals surface area contributed by atoms with Crippen LogP contribution in [0, 0.1) is 0 Å². The number of hydrogen-bond donors (Lipinski definition) is 1. The van der Waals surface area contributed by atoms with Crippen LogP contribution < -0.4 is 10.1 Å². The first-order chi connectivity index (χ1) is 15.7. The second-order valence-electron chi connectivity index (χ2n) is 7.03. The van der Waals surface area contributed by atoms with Crippen molar-refractivity contribution in [2.75, 3.05) is 31.6 Å². The van der Waals surface area contributed by atoms with Crippen LogP contribution in [0.4, 0.5) is 24.7 Å². The molecular weight excluding hydrogens is 461 g/mol. The first-order valence-corrected chi connectivity index (χ1v) is 11.3. The fourth-order valence-electron chi connectivity index (χ4n) is 3.22. The van der Waals surface area contributed by atoms with Gasteiger partial charge in [0.2, 0.25) is 10.0 Å². The monoisotopic (exact) mass is 480 g/mol. The van der Waals surface area contributed by atoms with E-state index in [2.05, 4.69) is 20.0 Å². The Morgan fingerprint density at radius 1 is 1.00 bits per heavy atom. The van der Waals surface area contributed by atoms with Crippen molar-refractivity contribution < 1.29 is 31.1 Å². The Morgan fingerprint density at radius 2 is 1.73 bits per heavy atom. The fourth-order valence-corrected chi connectivity index (χ4v) is 4.68. The molecule has 2 aromatic carbocycles. The number of halogens is 3. The summed E-state index contributed by atoms with van der Waals surface area (Å²) >= 11 is 0. The standard InChI is InChI=1S/C21H19F3N4O4S/c22-21(23,24)32-17-6-4-16(5-7-17)27-20-13-19(25-14-26-20)15-2-1-3-18(12-15)33(29,30)28-8-10-31-11-9-28/h1-7,12-14H,8-11H2,(H,25,26,27). The molecule has 1 aliphatic rings. The van der Waals surface area contributed by atoms with Gasteiger partial charge in [-0.05, 0) is 36.4 Å². The normalized spacial score (nSPS) is 15.2. The average molecular weight is 480 g/mol. The number of aromatic nitrogens is 2. The van der Waals surface area contributed by atoms with Crippen LogP contribution in [0.5, 0.6) is 5.75 Å². The van der Waals surface area contributed by atoms with Crippen LogP contribution in [-0.4, -0.2) is 55.4 Å². The van der Waals surface area contributed by atoms with Crippen molar-refractivity contribution in [2.24, 2.45) is 0 Å². The molecule has 12 heteroatoms. The largest absolute Gasteiger partial charge is 0.573 e. The van der Waals surface area contributed by atoms with Gasteiger partial charge >= 0.3 is 6.36 Å². The van der Waals surface area contributed by atoms with Crippen molar-refractivity contribution >= 4 is 21.5 Å². The predicted molar refractivity (Wildman–Crippen MR) is 113 cm³/mol. The lowest BCUT2D eigenvalue weighted by Gasteiger charge is -2.26. The van der Waals surface area contributed by atoms with Crippen LogP contribution in [0.3, 0.4) is 0 Å². The number of anilines is 2. The molecule has 1 saturated heterocycles. The highest BCUT2D eigenvalue weighted by Crippen LogP contribution is 2.27. The van der Waals surface area contributed by atoms with Gasteiger partial charge in [-0.3, -0.25) is 0 Å². The molecule has 2 heterocycles. The zero-order chi connectivity index (χ0) is 23.5. The van der Waals surface area contributed by atoms with E-state index in [-0.39, 0.29) is 10.6 Å². The number of hydrogen-bond acceptors (Lipinski definition) is 7. The van der Waals surface area contributed by atoms with E-state index >= 15 is 0 Å². The van der Waals surface area contributed by atoms with E-state index in [1.807, 2.05) is 0 Å². The number of nitrogens with one attached hydrogen (secondary N) is 1. The molecule has 1 aliphatic heterocycles. The topological polar surface area (TPSA) is 93.7 Å². The molecule has 8 nitrogen and oxygen atoms in total. The average Bonchev–Trinajstić information content (AvgIpc) is 2.80. The summed E-state index contributed by atoms with van der Waals surface area (Å²) in [6.45, 7) is 1.29. The van der Waals surface area contributed by atoms with E-state index in [1.165, 1.54) is 41.0 Å². The lowest BCUT2D eigenvalue weighted by Crippen LogP contribution is -2.40. The van der Waals surface area contributed by atoms with Crippen molar-refractivity contribution in [3.05, 3.63) is 60.9 Å². The first kappa shape index (κ1) is 23.0. The number of ether oxygens (including phenoxy) is 2. The van der Waals surface area contributed by atoms with Crippen molar-refractivity contribution in [2.45, 2.75) is 11.3 Å². The number of nitrogens with zero attached hydrogens (tertiary/aromatic N) is 3. The summed E-state index contributed by atoms with van der Waals surface area (Å²) < 4.78 is 73.2. The molecular formula is C21H19F3N4O4S. The lowest BCUT2D eigenvalue weighted by molar-refractivity contribution is -0.274. The fraction of sp³-hybridized carbons (Fsp3) is 0.238. The highest BCUT2D eigenvalue weighted by Gasteiger charge is 2.31. The number of morpholine rings is 1. The molecule has 0 saturated carbocycles.